The lowest BCUT2D eigenvalue weighted by molar-refractivity contribution is -0.151. The molecule has 0 radical (unpaired) electrons. The molecule has 0 aliphatic heterocycles. The number of hydrogen-bond donors (Lipinski definition) is 0. The summed E-state index contributed by atoms with van der Waals surface area (Å²) in [5.41, 5.74) is -0.840. The number of aromatic nitrogens is 2. The van der Waals surface area contributed by atoms with Crippen molar-refractivity contribution in [2.24, 2.45) is 0 Å². The van der Waals surface area contributed by atoms with Crippen LogP contribution in [0.3, 0.4) is 0 Å². The van der Waals surface area contributed by atoms with E-state index in [4.69, 9.17) is 14.0 Å². The zero-order valence-electron chi connectivity index (χ0n) is 12.8. The van der Waals surface area contributed by atoms with Gasteiger partial charge in [0.15, 0.2) is 5.82 Å². The van der Waals surface area contributed by atoms with E-state index in [-0.39, 0.29) is 5.97 Å². The Hall–Kier alpha value is -1.43. The summed E-state index contributed by atoms with van der Waals surface area (Å²) < 4.78 is 15.7. The molecule has 0 aliphatic carbocycles. The fourth-order valence-corrected chi connectivity index (χ4v) is 2.06. The Morgan fingerprint density at radius 1 is 1.20 bits per heavy atom. The highest BCUT2D eigenvalue weighted by Crippen LogP contribution is 2.32. The first-order chi connectivity index (χ1) is 9.64. The molecule has 1 aromatic heterocycles. The minimum Gasteiger partial charge on any atom is -0.465 e. The molecule has 1 aromatic rings. The fraction of sp³-hybridized carbons (Fsp3) is 0.786. The third kappa shape index (κ3) is 3.56. The summed E-state index contributed by atoms with van der Waals surface area (Å²) in [6.07, 6.45) is 1.70. The molecule has 6 nitrogen and oxygen atoms in total. The number of hydrogen-bond acceptors (Lipinski definition) is 6. The smallest absolute Gasteiger partial charge is 0.321 e. The van der Waals surface area contributed by atoms with Gasteiger partial charge in [0.1, 0.15) is 5.41 Å². The van der Waals surface area contributed by atoms with E-state index in [0.717, 1.165) is 0 Å². The van der Waals surface area contributed by atoms with Gasteiger partial charge in [-0.2, -0.15) is 4.98 Å². The van der Waals surface area contributed by atoms with Crippen molar-refractivity contribution in [3.63, 3.8) is 0 Å². The monoisotopic (exact) mass is 284 g/mol. The van der Waals surface area contributed by atoms with Crippen LogP contribution >= 0.6 is 0 Å². The second-order valence-corrected chi connectivity index (χ2v) is 4.47. The van der Waals surface area contributed by atoms with Gasteiger partial charge < -0.3 is 14.0 Å². The van der Waals surface area contributed by atoms with Crippen molar-refractivity contribution >= 4 is 5.97 Å². The Labute approximate surface area is 119 Å². The molecule has 0 N–H and O–H groups in total. The number of rotatable bonds is 9. The van der Waals surface area contributed by atoms with Gasteiger partial charge in [0.05, 0.1) is 13.2 Å². The average Bonchev–Trinajstić information content (AvgIpc) is 2.91. The largest absolute Gasteiger partial charge is 0.465 e. The summed E-state index contributed by atoms with van der Waals surface area (Å²) in [5.74, 6) is 0.599. The van der Waals surface area contributed by atoms with E-state index in [1.807, 2.05) is 20.8 Å². The molecule has 0 amide bonds. The standard InChI is InChI=1S/C14H24N2O4/c1-5-14(6-2,13(17)19-8-4)12-15-11(16-20-12)9-10-18-7-3/h5-10H2,1-4H3. The summed E-state index contributed by atoms with van der Waals surface area (Å²) in [6.45, 7) is 9.10. The third-order valence-electron chi connectivity index (χ3n) is 3.42. The zero-order valence-corrected chi connectivity index (χ0v) is 12.8. The van der Waals surface area contributed by atoms with Crippen LogP contribution in [0.15, 0.2) is 4.52 Å². The third-order valence-corrected chi connectivity index (χ3v) is 3.42. The van der Waals surface area contributed by atoms with Gasteiger partial charge in [-0.25, -0.2) is 0 Å². The Bertz CT molecular complexity index is 413. The van der Waals surface area contributed by atoms with Crippen molar-refractivity contribution < 1.29 is 18.8 Å². The highest BCUT2D eigenvalue weighted by molar-refractivity contribution is 5.81. The predicted octanol–water partition coefficient (Wildman–Crippen LogP) is 2.27. The summed E-state index contributed by atoms with van der Waals surface area (Å²) >= 11 is 0. The van der Waals surface area contributed by atoms with Crippen LogP contribution in [0.5, 0.6) is 0 Å². The quantitative estimate of drug-likeness (QED) is 0.511. The minimum absolute atomic E-state index is 0.301. The molecular formula is C14H24N2O4. The van der Waals surface area contributed by atoms with Crippen molar-refractivity contribution in [1.29, 1.82) is 0 Å². The van der Waals surface area contributed by atoms with Gasteiger partial charge in [-0.3, -0.25) is 4.79 Å². The van der Waals surface area contributed by atoms with Gasteiger partial charge in [-0.1, -0.05) is 19.0 Å². The lowest BCUT2D eigenvalue weighted by atomic mass is 9.82. The van der Waals surface area contributed by atoms with Crippen LogP contribution in [-0.2, 0) is 26.1 Å². The molecule has 0 aliphatic rings. The van der Waals surface area contributed by atoms with E-state index in [2.05, 4.69) is 10.1 Å². The molecule has 0 atom stereocenters. The Balaban J connectivity index is 2.89. The lowest BCUT2D eigenvalue weighted by Gasteiger charge is -2.24. The first-order valence-corrected chi connectivity index (χ1v) is 7.22. The summed E-state index contributed by atoms with van der Waals surface area (Å²) in [5, 5.41) is 3.92. The summed E-state index contributed by atoms with van der Waals surface area (Å²) in [4.78, 5) is 16.6. The molecule has 0 bridgehead atoms. The van der Waals surface area contributed by atoms with Crippen molar-refractivity contribution in [2.45, 2.75) is 52.4 Å². The Morgan fingerprint density at radius 2 is 1.90 bits per heavy atom. The number of carbonyl (C=O) groups excluding carboxylic acids is 1. The zero-order chi connectivity index (χ0) is 15.0. The van der Waals surface area contributed by atoms with Crippen LogP contribution in [0.1, 0.15) is 52.3 Å². The van der Waals surface area contributed by atoms with E-state index in [1.54, 1.807) is 6.92 Å². The molecule has 0 unspecified atom stereocenters. The maximum Gasteiger partial charge on any atom is 0.321 e. The van der Waals surface area contributed by atoms with Gasteiger partial charge in [-0.05, 0) is 26.7 Å². The average molecular weight is 284 g/mol. The molecule has 0 saturated heterocycles. The molecule has 6 heteroatoms. The van der Waals surface area contributed by atoms with Gasteiger partial charge in [0, 0.05) is 13.0 Å². The number of carbonyl (C=O) groups is 1. The van der Waals surface area contributed by atoms with Gasteiger partial charge >= 0.3 is 5.97 Å². The molecule has 20 heavy (non-hydrogen) atoms. The Morgan fingerprint density at radius 3 is 2.45 bits per heavy atom. The van der Waals surface area contributed by atoms with Crippen LogP contribution in [0.4, 0.5) is 0 Å². The normalized spacial score (nSPS) is 11.6. The molecule has 0 saturated carbocycles. The molecule has 0 aromatic carbocycles. The van der Waals surface area contributed by atoms with Crippen molar-refractivity contribution in [1.82, 2.24) is 10.1 Å². The van der Waals surface area contributed by atoms with Gasteiger partial charge in [-0.15, -0.1) is 0 Å². The van der Waals surface area contributed by atoms with E-state index < -0.39 is 5.41 Å². The highest BCUT2D eigenvalue weighted by Gasteiger charge is 2.43. The van der Waals surface area contributed by atoms with Crippen LogP contribution < -0.4 is 0 Å². The Kier molecular flexibility index (Phi) is 6.64. The van der Waals surface area contributed by atoms with E-state index in [1.165, 1.54) is 0 Å². The maximum atomic E-state index is 12.2. The van der Waals surface area contributed by atoms with Crippen molar-refractivity contribution in [3.8, 4) is 0 Å². The SMILES string of the molecule is CCOCCc1noc(C(CC)(CC)C(=O)OCC)n1. The van der Waals surface area contributed by atoms with Crippen molar-refractivity contribution in [2.75, 3.05) is 19.8 Å². The van der Waals surface area contributed by atoms with Crippen molar-refractivity contribution in [3.05, 3.63) is 11.7 Å². The fourth-order valence-electron chi connectivity index (χ4n) is 2.06. The number of esters is 1. The summed E-state index contributed by atoms with van der Waals surface area (Å²) in [7, 11) is 0. The van der Waals surface area contributed by atoms with Crippen LogP contribution in [0, 0.1) is 0 Å². The topological polar surface area (TPSA) is 74.5 Å². The molecule has 1 heterocycles. The maximum absolute atomic E-state index is 12.2. The first kappa shape index (κ1) is 16.6. The number of ether oxygens (including phenoxy) is 2. The van der Waals surface area contributed by atoms with Gasteiger partial charge in [0.25, 0.3) is 0 Å². The van der Waals surface area contributed by atoms with Crippen LogP contribution in [0.2, 0.25) is 0 Å². The highest BCUT2D eigenvalue weighted by atomic mass is 16.5. The first-order valence-electron chi connectivity index (χ1n) is 7.22. The lowest BCUT2D eigenvalue weighted by Crippen LogP contribution is -2.36. The molecule has 0 fully saturated rings. The predicted molar refractivity (Wildman–Crippen MR) is 73.4 cm³/mol. The molecular weight excluding hydrogens is 260 g/mol. The molecule has 1 rings (SSSR count). The van der Waals surface area contributed by atoms with Crippen LogP contribution in [0.25, 0.3) is 0 Å². The summed E-state index contributed by atoms with van der Waals surface area (Å²) in [6, 6.07) is 0. The van der Waals surface area contributed by atoms with E-state index in [0.29, 0.717) is 50.8 Å². The number of nitrogens with zero attached hydrogens (tertiary/aromatic N) is 2. The van der Waals surface area contributed by atoms with E-state index in [9.17, 15) is 4.79 Å². The van der Waals surface area contributed by atoms with E-state index >= 15 is 0 Å². The second-order valence-electron chi connectivity index (χ2n) is 4.47. The molecule has 0 spiro atoms. The second kappa shape index (κ2) is 7.99. The minimum atomic E-state index is -0.840. The molecule has 114 valence electrons. The van der Waals surface area contributed by atoms with Crippen LogP contribution in [-0.4, -0.2) is 35.9 Å². The van der Waals surface area contributed by atoms with Gasteiger partial charge in [0.2, 0.25) is 5.89 Å².